The van der Waals surface area contributed by atoms with E-state index in [0.717, 1.165) is 5.56 Å². The van der Waals surface area contributed by atoms with Crippen LogP contribution in [0.15, 0.2) is 24.5 Å². The fraction of sp³-hybridized carbons (Fsp3) is 0.611. The molecule has 136 valence electrons. The number of carbonyl (C=O) groups excluding carboxylic acids is 2. The molecule has 0 radical (unpaired) electrons. The number of likely N-dealkylation sites (tertiary alicyclic amines) is 1. The number of amides is 3. The van der Waals surface area contributed by atoms with Crippen LogP contribution in [0.25, 0.3) is 0 Å². The predicted octanol–water partition coefficient (Wildman–Crippen LogP) is 1.17. The second kappa shape index (κ2) is 6.63. The van der Waals surface area contributed by atoms with E-state index < -0.39 is 5.60 Å². The fourth-order valence-corrected chi connectivity index (χ4v) is 3.80. The van der Waals surface area contributed by atoms with Gasteiger partial charge in [-0.15, -0.1) is 0 Å². The van der Waals surface area contributed by atoms with Crippen LogP contribution >= 0.6 is 0 Å². The van der Waals surface area contributed by atoms with Crippen LogP contribution in [0.5, 0.6) is 0 Å². The largest absolute Gasteiger partial charge is 0.361 e. The molecule has 2 saturated heterocycles. The van der Waals surface area contributed by atoms with Gasteiger partial charge >= 0.3 is 6.03 Å². The van der Waals surface area contributed by atoms with Crippen molar-refractivity contribution in [1.29, 1.82) is 0 Å². The van der Waals surface area contributed by atoms with E-state index in [9.17, 15) is 9.59 Å². The van der Waals surface area contributed by atoms with Gasteiger partial charge in [-0.3, -0.25) is 9.78 Å². The summed E-state index contributed by atoms with van der Waals surface area (Å²) in [6, 6.07) is 3.80. The number of hydrogen-bond acceptors (Lipinski definition) is 4. The molecule has 0 bridgehead atoms. The standard InChI is InChI=1S/C18H26N4O3/c1-13(2)22-8-9-25-18(16(22)23)12-21(17(24)20(3)4)11-15(18)14-6-5-7-19-10-14/h5-7,10,13,15H,8-9,11-12H2,1-4H3. The van der Waals surface area contributed by atoms with Gasteiger partial charge in [0.1, 0.15) is 0 Å². The number of ether oxygens (including phenoxy) is 1. The molecule has 2 atom stereocenters. The lowest BCUT2D eigenvalue weighted by Crippen LogP contribution is -2.62. The van der Waals surface area contributed by atoms with Crippen molar-refractivity contribution in [2.45, 2.75) is 31.4 Å². The molecule has 3 amide bonds. The van der Waals surface area contributed by atoms with Gasteiger partial charge in [0.15, 0.2) is 5.60 Å². The Morgan fingerprint density at radius 3 is 2.80 bits per heavy atom. The molecule has 1 aromatic rings. The third kappa shape index (κ3) is 2.97. The Kier molecular flexibility index (Phi) is 4.69. The minimum atomic E-state index is -1.03. The minimum Gasteiger partial charge on any atom is -0.361 e. The molecular weight excluding hydrogens is 320 g/mol. The number of morpholine rings is 1. The smallest absolute Gasteiger partial charge is 0.319 e. The summed E-state index contributed by atoms with van der Waals surface area (Å²) in [6.45, 7) is 5.79. The van der Waals surface area contributed by atoms with Crippen molar-refractivity contribution in [3.8, 4) is 0 Å². The summed E-state index contributed by atoms with van der Waals surface area (Å²) in [7, 11) is 3.44. The Hall–Kier alpha value is -2.15. The fourth-order valence-electron chi connectivity index (χ4n) is 3.80. The summed E-state index contributed by atoms with van der Waals surface area (Å²) in [4.78, 5) is 35.2. The molecule has 0 N–H and O–H groups in total. The number of urea groups is 1. The van der Waals surface area contributed by atoms with Gasteiger partial charge < -0.3 is 19.4 Å². The third-order valence-electron chi connectivity index (χ3n) is 5.07. The van der Waals surface area contributed by atoms with E-state index in [0.29, 0.717) is 19.7 Å². The van der Waals surface area contributed by atoms with E-state index in [-0.39, 0.29) is 30.4 Å². The van der Waals surface area contributed by atoms with Crippen molar-refractivity contribution in [1.82, 2.24) is 19.7 Å². The van der Waals surface area contributed by atoms with Crippen LogP contribution in [-0.2, 0) is 9.53 Å². The summed E-state index contributed by atoms with van der Waals surface area (Å²) in [5.74, 6) is -0.254. The molecule has 3 rings (SSSR count). The number of carbonyl (C=O) groups is 2. The molecule has 7 nitrogen and oxygen atoms in total. The van der Waals surface area contributed by atoms with Crippen LogP contribution in [0, 0.1) is 0 Å². The van der Waals surface area contributed by atoms with Crippen LogP contribution in [-0.4, -0.2) is 83.6 Å². The Morgan fingerprint density at radius 1 is 1.44 bits per heavy atom. The number of rotatable bonds is 2. The van der Waals surface area contributed by atoms with Crippen LogP contribution in [0.2, 0.25) is 0 Å². The molecule has 3 heterocycles. The molecule has 0 aromatic carbocycles. The van der Waals surface area contributed by atoms with E-state index in [4.69, 9.17) is 4.74 Å². The average molecular weight is 346 g/mol. The first-order chi connectivity index (χ1) is 11.9. The van der Waals surface area contributed by atoms with Crippen LogP contribution in [0.4, 0.5) is 4.79 Å². The summed E-state index contributed by atoms with van der Waals surface area (Å²) < 4.78 is 6.11. The zero-order valence-corrected chi connectivity index (χ0v) is 15.3. The number of nitrogens with zero attached hydrogens (tertiary/aromatic N) is 4. The molecule has 2 aliphatic rings. The highest BCUT2D eigenvalue weighted by Gasteiger charge is 2.58. The molecule has 0 saturated carbocycles. The predicted molar refractivity (Wildman–Crippen MR) is 93.2 cm³/mol. The van der Waals surface area contributed by atoms with E-state index >= 15 is 0 Å². The second-order valence-electron chi connectivity index (χ2n) is 7.23. The summed E-state index contributed by atoms with van der Waals surface area (Å²) >= 11 is 0. The summed E-state index contributed by atoms with van der Waals surface area (Å²) in [6.07, 6.45) is 3.47. The zero-order chi connectivity index (χ0) is 18.2. The third-order valence-corrected chi connectivity index (χ3v) is 5.07. The summed E-state index contributed by atoms with van der Waals surface area (Å²) in [5.41, 5.74) is -0.104. The lowest BCUT2D eigenvalue weighted by molar-refractivity contribution is -0.174. The van der Waals surface area contributed by atoms with Gasteiger partial charge in [-0.25, -0.2) is 4.79 Å². The van der Waals surface area contributed by atoms with E-state index in [1.807, 2.05) is 30.9 Å². The van der Waals surface area contributed by atoms with Crippen molar-refractivity contribution in [3.05, 3.63) is 30.1 Å². The van der Waals surface area contributed by atoms with Crippen molar-refractivity contribution < 1.29 is 14.3 Å². The normalized spacial score (nSPS) is 26.6. The Bertz CT molecular complexity index is 649. The van der Waals surface area contributed by atoms with E-state index in [1.54, 1.807) is 31.4 Å². The van der Waals surface area contributed by atoms with E-state index in [2.05, 4.69) is 4.98 Å². The van der Waals surface area contributed by atoms with Crippen LogP contribution < -0.4 is 0 Å². The Balaban J connectivity index is 2.01. The minimum absolute atomic E-state index is 0.0309. The van der Waals surface area contributed by atoms with Gasteiger partial charge in [-0.2, -0.15) is 0 Å². The molecule has 0 aliphatic carbocycles. The molecule has 2 fully saturated rings. The lowest BCUT2D eigenvalue weighted by atomic mass is 9.83. The Labute approximate surface area is 148 Å². The van der Waals surface area contributed by atoms with Gasteiger partial charge in [0.2, 0.25) is 0 Å². The highest BCUT2D eigenvalue weighted by atomic mass is 16.5. The lowest BCUT2D eigenvalue weighted by Gasteiger charge is -2.43. The Morgan fingerprint density at radius 2 is 2.20 bits per heavy atom. The highest BCUT2D eigenvalue weighted by Crippen LogP contribution is 2.42. The first kappa shape index (κ1) is 17.7. The molecule has 2 unspecified atom stereocenters. The number of hydrogen-bond donors (Lipinski definition) is 0. The molecule has 7 heteroatoms. The van der Waals surface area contributed by atoms with Crippen molar-refractivity contribution in [3.63, 3.8) is 0 Å². The van der Waals surface area contributed by atoms with Crippen molar-refractivity contribution >= 4 is 11.9 Å². The molecule has 25 heavy (non-hydrogen) atoms. The maximum atomic E-state index is 13.3. The molecule has 1 aromatic heterocycles. The van der Waals surface area contributed by atoms with Crippen molar-refractivity contribution in [2.24, 2.45) is 0 Å². The van der Waals surface area contributed by atoms with Gasteiger partial charge in [0.25, 0.3) is 5.91 Å². The van der Waals surface area contributed by atoms with Gasteiger partial charge in [0.05, 0.1) is 13.2 Å². The highest BCUT2D eigenvalue weighted by molar-refractivity contribution is 5.90. The van der Waals surface area contributed by atoms with Crippen LogP contribution in [0.1, 0.15) is 25.3 Å². The second-order valence-corrected chi connectivity index (χ2v) is 7.23. The van der Waals surface area contributed by atoms with Crippen molar-refractivity contribution in [2.75, 3.05) is 40.3 Å². The number of pyridine rings is 1. The van der Waals surface area contributed by atoms with E-state index in [1.165, 1.54) is 4.90 Å². The topological polar surface area (TPSA) is 66.0 Å². The van der Waals surface area contributed by atoms with Gasteiger partial charge in [0, 0.05) is 51.5 Å². The number of aromatic nitrogens is 1. The first-order valence-electron chi connectivity index (χ1n) is 8.68. The maximum Gasteiger partial charge on any atom is 0.319 e. The average Bonchev–Trinajstić information content (AvgIpc) is 2.97. The van der Waals surface area contributed by atoms with Gasteiger partial charge in [-0.05, 0) is 25.5 Å². The molecule has 2 aliphatic heterocycles. The molecule has 1 spiro atoms. The summed E-state index contributed by atoms with van der Waals surface area (Å²) in [5, 5.41) is 0. The molecular formula is C18H26N4O3. The quantitative estimate of drug-likeness (QED) is 0.806. The first-order valence-corrected chi connectivity index (χ1v) is 8.68. The zero-order valence-electron chi connectivity index (χ0n) is 15.3. The van der Waals surface area contributed by atoms with Crippen LogP contribution in [0.3, 0.4) is 0 Å². The monoisotopic (exact) mass is 346 g/mol. The maximum absolute atomic E-state index is 13.3. The SMILES string of the molecule is CC(C)N1CCOC2(CN(C(=O)N(C)C)CC2c2cccnc2)C1=O. The van der Waals surface area contributed by atoms with Gasteiger partial charge in [-0.1, -0.05) is 6.07 Å².